The maximum atomic E-state index is 12.8. The van der Waals surface area contributed by atoms with E-state index in [9.17, 15) is 14.4 Å². The molecule has 0 saturated heterocycles. The second-order valence-corrected chi connectivity index (χ2v) is 7.93. The summed E-state index contributed by atoms with van der Waals surface area (Å²) in [6.07, 6.45) is 2.74. The number of hydrogen-bond acceptors (Lipinski definition) is 5. The normalized spacial score (nSPS) is 10.9. The van der Waals surface area contributed by atoms with E-state index in [1.54, 1.807) is 30.3 Å². The van der Waals surface area contributed by atoms with Crippen LogP contribution in [0.2, 0.25) is 0 Å². The molecule has 0 atom stereocenters. The maximum absolute atomic E-state index is 12.8. The van der Waals surface area contributed by atoms with E-state index in [2.05, 4.69) is 22.9 Å². The third-order valence-corrected chi connectivity index (χ3v) is 5.46. The first-order chi connectivity index (χ1) is 16.6. The molecule has 8 heteroatoms. The Kier molecular flexibility index (Phi) is 7.17. The number of aryl methyl sites for hydroxylation is 1. The molecule has 0 aliphatic carbocycles. The summed E-state index contributed by atoms with van der Waals surface area (Å²) in [5, 5.41) is 7.19. The fraction of sp³-hybridized carbons (Fsp3) is 0.231. The van der Waals surface area contributed by atoms with Gasteiger partial charge in [-0.2, -0.15) is 5.10 Å². The Balaban J connectivity index is 1.42. The number of unbranched alkanes of at least 4 members (excludes halogenated alkanes) is 2. The lowest BCUT2D eigenvalue weighted by Gasteiger charge is -2.12. The summed E-state index contributed by atoms with van der Waals surface area (Å²) in [6, 6.07) is 20.2. The summed E-state index contributed by atoms with van der Waals surface area (Å²) in [7, 11) is 0. The maximum Gasteiger partial charge on any atom is 0.290 e. The highest BCUT2D eigenvalue weighted by Crippen LogP contribution is 2.20. The molecule has 2 amide bonds. The van der Waals surface area contributed by atoms with Crippen molar-refractivity contribution in [2.45, 2.75) is 32.7 Å². The molecule has 4 rings (SSSR count). The highest BCUT2D eigenvalue weighted by atomic mass is 16.5. The molecule has 174 valence electrons. The van der Waals surface area contributed by atoms with E-state index in [-0.39, 0.29) is 17.9 Å². The number of nitrogens with zero attached hydrogens (tertiary/aromatic N) is 2. The first kappa shape index (κ1) is 23.0. The fourth-order valence-electron chi connectivity index (χ4n) is 3.69. The number of nitrogens with one attached hydrogen (secondary N) is 2. The molecule has 0 radical (unpaired) electrons. The van der Waals surface area contributed by atoms with Crippen molar-refractivity contribution in [3.63, 3.8) is 0 Å². The number of hydrazine groups is 1. The van der Waals surface area contributed by atoms with Crippen LogP contribution in [0.3, 0.4) is 0 Å². The van der Waals surface area contributed by atoms with Gasteiger partial charge in [0, 0.05) is 11.9 Å². The third-order valence-electron chi connectivity index (χ3n) is 5.46. The molecule has 0 aliphatic rings. The van der Waals surface area contributed by atoms with Gasteiger partial charge in [-0.3, -0.25) is 25.2 Å². The molecule has 0 bridgehead atoms. The number of ether oxygens (including phenoxy) is 1. The average Bonchev–Trinajstić information content (AvgIpc) is 2.87. The number of fused-ring (bicyclic) bond motifs is 2. The van der Waals surface area contributed by atoms with Gasteiger partial charge in [-0.25, -0.2) is 4.68 Å². The number of aromatic nitrogens is 2. The molecule has 1 aromatic heterocycles. The smallest absolute Gasteiger partial charge is 0.290 e. The molecule has 8 nitrogen and oxygen atoms in total. The Morgan fingerprint density at radius 1 is 0.912 bits per heavy atom. The minimum Gasteiger partial charge on any atom is -0.484 e. The standard InChI is InChI=1S/C26H26N4O4/c1-2-3-8-15-30-26(33)22-12-7-6-11-21(22)24(29-30)25(32)28-27-23(31)17-34-20-14-13-18-9-4-5-10-19(18)16-20/h4-7,9-14,16H,2-3,8,15,17H2,1H3,(H,27,31)(H,28,32). The summed E-state index contributed by atoms with van der Waals surface area (Å²) in [6.45, 7) is 2.22. The summed E-state index contributed by atoms with van der Waals surface area (Å²) in [5.41, 5.74) is 4.55. The SMILES string of the molecule is CCCCCn1nc(C(=O)NNC(=O)COc2ccc3ccccc3c2)c2ccccc2c1=O. The first-order valence-corrected chi connectivity index (χ1v) is 11.3. The van der Waals surface area contributed by atoms with Gasteiger partial charge in [0.15, 0.2) is 12.3 Å². The Morgan fingerprint density at radius 2 is 1.65 bits per heavy atom. The number of rotatable bonds is 8. The van der Waals surface area contributed by atoms with E-state index in [4.69, 9.17) is 4.74 Å². The Bertz CT molecular complexity index is 1400. The zero-order chi connectivity index (χ0) is 23.9. The van der Waals surface area contributed by atoms with Gasteiger partial charge in [0.05, 0.1) is 5.39 Å². The average molecular weight is 459 g/mol. The first-order valence-electron chi connectivity index (χ1n) is 11.3. The van der Waals surface area contributed by atoms with Crippen LogP contribution < -0.4 is 21.1 Å². The van der Waals surface area contributed by atoms with Crippen LogP contribution in [-0.2, 0) is 11.3 Å². The molecule has 3 aromatic carbocycles. The zero-order valence-electron chi connectivity index (χ0n) is 18.9. The van der Waals surface area contributed by atoms with Crippen LogP contribution in [0.4, 0.5) is 0 Å². The lowest BCUT2D eigenvalue weighted by Crippen LogP contribution is -2.44. The van der Waals surface area contributed by atoms with E-state index in [0.717, 1.165) is 30.0 Å². The topological polar surface area (TPSA) is 102 Å². The highest BCUT2D eigenvalue weighted by Gasteiger charge is 2.17. The van der Waals surface area contributed by atoms with Crippen molar-refractivity contribution in [1.82, 2.24) is 20.6 Å². The predicted octanol–water partition coefficient (Wildman–Crippen LogP) is 3.58. The molecular weight excluding hydrogens is 432 g/mol. The van der Waals surface area contributed by atoms with Gasteiger partial charge in [0.1, 0.15) is 5.75 Å². The zero-order valence-corrected chi connectivity index (χ0v) is 18.9. The van der Waals surface area contributed by atoms with Gasteiger partial charge in [0.25, 0.3) is 17.4 Å². The van der Waals surface area contributed by atoms with Gasteiger partial charge >= 0.3 is 0 Å². The van der Waals surface area contributed by atoms with Crippen LogP contribution in [0.1, 0.15) is 36.7 Å². The van der Waals surface area contributed by atoms with E-state index in [1.165, 1.54) is 4.68 Å². The molecular formula is C26H26N4O4. The molecule has 34 heavy (non-hydrogen) atoms. The molecule has 0 unspecified atom stereocenters. The second-order valence-electron chi connectivity index (χ2n) is 7.93. The molecule has 0 aliphatic heterocycles. The Labute approximate surface area is 196 Å². The van der Waals surface area contributed by atoms with Crippen LogP contribution in [0, 0.1) is 0 Å². The molecule has 0 saturated carbocycles. The van der Waals surface area contributed by atoms with Gasteiger partial charge in [-0.15, -0.1) is 0 Å². The van der Waals surface area contributed by atoms with Gasteiger partial charge in [0.2, 0.25) is 0 Å². The molecule has 2 N–H and O–H groups in total. The number of hydrogen-bond donors (Lipinski definition) is 2. The van der Waals surface area contributed by atoms with E-state index < -0.39 is 11.8 Å². The lowest BCUT2D eigenvalue weighted by atomic mass is 10.1. The number of benzene rings is 3. The quantitative estimate of drug-likeness (QED) is 0.310. The van der Waals surface area contributed by atoms with Crippen molar-refractivity contribution in [2.24, 2.45) is 0 Å². The van der Waals surface area contributed by atoms with Crippen LogP contribution in [-0.4, -0.2) is 28.2 Å². The van der Waals surface area contributed by atoms with Crippen molar-refractivity contribution in [3.05, 3.63) is 82.8 Å². The minimum absolute atomic E-state index is 0.0717. The summed E-state index contributed by atoms with van der Waals surface area (Å²) >= 11 is 0. The van der Waals surface area contributed by atoms with Gasteiger partial charge in [-0.1, -0.05) is 68.3 Å². The summed E-state index contributed by atoms with van der Waals surface area (Å²) < 4.78 is 6.87. The van der Waals surface area contributed by atoms with Crippen molar-refractivity contribution < 1.29 is 14.3 Å². The van der Waals surface area contributed by atoms with Crippen molar-refractivity contribution in [3.8, 4) is 5.75 Å². The summed E-state index contributed by atoms with van der Waals surface area (Å²) in [5.74, 6) is -0.589. The Hall–Kier alpha value is -4.20. The highest BCUT2D eigenvalue weighted by molar-refractivity contribution is 6.05. The van der Waals surface area contributed by atoms with Crippen LogP contribution in [0.25, 0.3) is 21.5 Å². The molecule has 0 spiro atoms. The lowest BCUT2D eigenvalue weighted by molar-refractivity contribution is -0.123. The van der Waals surface area contributed by atoms with Crippen molar-refractivity contribution in [2.75, 3.05) is 6.61 Å². The largest absolute Gasteiger partial charge is 0.484 e. The number of amides is 2. The van der Waals surface area contributed by atoms with Crippen LogP contribution in [0.15, 0.2) is 71.5 Å². The number of carbonyl (C=O) groups is 2. The van der Waals surface area contributed by atoms with E-state index >= 15 is 0 Å². The molecule has 4 aromatic rings. The molecule has 1 heterocycles. The van der Waals surface area contributed by atoms with Crippen LogP contribution >= 0.6 is 0 Å². The predicted molar refractivity (Wildman–Crippen MR) is 131 cm³/mol. The Morgan fingerprint density at radius 3 is 2.44 bits per heavy atom. The van der Waals surface area contributed by atoms with Crippen molar-refractivity contribution >= 4 is 33.4 Å². The second kappa shape index (κ2) is 10.6. The van der Waals surface area contributed by atoms with Gasteiger partial charge < -0.3 is 4.74 Å². The van der Waals surface area contributed by atoms with Crippen LogP contribution in [0.5, 0.6) is 5.75 Å². The monoisotopic (exact) mass is 458 g/mol. The molecule has 0 fully saturated rings. The van der Waals surface area contributed by atoms with E-state index in [0.29, 0.717) is 23.1 Å². The minimum atomic E-state index is -0.612. The fourth-order valence-corrected chi connectivity index (χ4v) is 3.69. The van der Waals surface area contributed by atoms with Gasteiger partial charge in [-0.05, 0) is 35.4 Å². The third kappa shape index (κ3) is 5.23. The van der Waals surface area contributed by atoms with E-state index in [1.807, 2.05) is 36.4 Å². The van der Waals surface area contributed by atoms with Crippen molar-refractivity contribution in [1.29, 1.82) is 0 Å². The number of carbonyl (C=O) groups excluding carboxylic acids is 2. The summed E-state index contributed by atoms with van der Waals surface area (Å²) in [4.78, 5) is 37.8.